The third-order valence-corrected chi connectivity index (χ3v) is 3.00. The summed E-state index contributed by atoms with van der Waals surface area (Å²) in [5, 5.41) is 0. The molecule has 1 atom stereocenters. The number of nitrogen functional groups attached to an aromatic ring is 1. The zero-order chi connectivity index (χ0) is 14.6. The van der Waals surface area contributed by atoms with Gasteiger partial charge in [-0.2, -0.15) is 13.2 Å². The molecule has 0 saturated carbocycles. The Morgan fingerprint density at radius 2 is 2.00 bits per heavy atom. The van der Waals surface area contributed by atoms with Gasteiger partial charge in [0.15, 0.2) is 5.78 Å². The number of carbonyl (C=O) groups excluding carboxylic acids is 1. The van der Waals surface area contributed by atoms with Gasteiger partial charge < -0.3 is 5.73 Å². The molecule has 5 heteroatoms. The van der Waals surface area contributed by atoms with E-state index in [0.717, 1.165) is 31.0 Å². The second kappa shape index (κ2) is 6.08. The molecule has 1 unspecified atom stereocenters. The zero-order valence-electron chi connectivity index (χ0n) is 11.1. The first-order valence-electron chi connectivity index (χ1n) is 6.25. The lowest BCUT2D eigenvalue weighted by Gasteiger charge is -2.13. The van der Waals surface area contributed by atoms with Crippen LogP contribution >= 0.6 is 0 Å². The smallest absolute Gasteiger partial charge is 0.398 e. The van der Waals surface area contributed by atoms with Crippen molar-refractivity contribution in [3.05, 3.63) is 29.3 Å². The highest BCUT2D eigenvalue weighted by molar-refractivity contribution is 6.01. The van der Waals surface area contributed by atoms with Crippen molar-refractivity contribution in [2.45, 2.75) is 39.3 Å². The first-order valence-corrected chi connectivity index (χ1v) is 6.25. The van der Waals surface area contributed by atoms with Gasteiger partial charge >= 0.3 is 6.18 Å². The molecule has 1 rings (SSSR count). The minimum absolute atomic E-state index is 0.0298. The van der Waals surface area contributed by atoms with Crippen LogP contribution in [-0.2, 0) is 6.18 Å². The SMILES string of the molecule is CCCC(C)CC(=O)c1cc(C(F)(F)F)ccc1N. The molecule has 1 aromatic carbocycles. The fourth-order valence-corrected chi connectivity index (χ4v) is 2.00. The minimum atomic E-state index is -4.46. The number of anilines is 1. The van der Waals surface area contributed by atoms with Crippen molar-refractivity contribution < 1.29 is 18.0 Å². The summed E-state index contributed by atoms with van der Waals surface area (Å²) in [6, 6.07) is 2.87. The van der Waals surface area contributed by atoms with Crippen LogP contribution in [0.2, 0.25) is 0 Å². The van der Waals surface area contributed by atoms with Crippen molar-refractivity contribution in [3.8, 4) is 0 Å². The van der Waals surface area contributed by atoms with Gasteiger partial charge in [-0.3, -0.25) is 4.79 Å². The van der Waals surface area contributed by atoms with Gasteiger partial charge in [0.05, 0.1) is 5.56 Å². The molecule has 0 fully saturated rings. The summed E-state index contributed by atoms with van der Waals surface area (Å²) in [5.41, 5.74) is 4.82. The second-order valence-electron chi connectivity index (χ2n) is 4.82. The number of halogens is 3. The fourth-order valence-electron chi connectivity index (χ4n) is 2.00. The number of benzene rings is 1. The Labute approximate surface area is 110 Å². The molecule has 0 spiro atoms. The number of ketones is 1. The maximum absolute atomic E-state index is 12.6. The predicted molar refractivity (Wildman–Crippen MR) is 68.9 cm³/mol. The summed E-state index contributed by atoms with van der Waals surface area (Å²) in [7, 11) is 0. The molecule has 0 heterocycles. The van der Waals surface area contributed by atoms with Gasteiger partial charge in [0.25, 0.3) is 0 Å². The number of hydrogen-bond donors (Lipinski definition) is 1. The lowest BCUT2D eigenvalue weighted by Crippen LogP contribution is -2.12. The van der Waals surface area contributed by atoms with Crippen LogP contribution in [0.1, 0.15) is 49.0 Å². The molecule has 0 saturated heterocycles. The van der Waals surface area contributed by atoms with Crippen LogP contribution in [0.3, 0.4) is 0 Å². The van der Waals surface area contributed by atoms with Crippen LogP contribution < -0.4 is 5.73 Å². The maximum atomic E-state index is 12.6. The lowest BCUT2D eigenvalue weighted by molar-refractivity contribution is -0.137. The highest BCUT2D eigenvalue weighted by atomic mass is 19.4. The topological polar surface area (TPSA) is 43.1 Å². The van der Waals surface area contributed by atoms with Gasteiger partial charge in [0.1, 0.15) is 0 Å². The van der Waals surface area contributed by atoms with E-state index < -0.39 is 11.7 Å². The molecule has 2 nitrogen and oxygen atoms in total. The van der Waals surface area contributed by atoms with Crippen molar-refractivity contribution in [1.29, 1.82) is 0 Å². The quantitative estimate of drug-likeness (QED) is 0.642. The first kappa shape index (κ1) is 15.5. The number of carbonyl (C=O) groups is 1. The Morgan fingerprint density at radius 1 is 1.37 bits per heavy atom. The molecular formula is C14H18F3NO. The van der Waals surface area contributed by atoms with E-state index in [1.54, 1.807) is 0 Å². The number of nitrogens with two attached hydrogens (primary N) is 1. The van der Waals surface area contributed by atoms with Crippen LogP contribution in [0.25, 0.3) is 0 Å². The van der Waals surface area contributed by atoms with Crippen molar-refractivity contribution in [2.24, 2.45) is 5.92 Å². The average Bonchev–Trinajstić information content (AvgIpc) is 2.27. The summed E-state index contributed by atoms with van der Waals surface area (Å²) >= 11 is 0. The largest absolute Gasteiger partial charge is 0.416 e. The zero-order valence-corrected chi connectivity index (χ0v) is 11.1. The van der Waals surface area contributed by atoms with E-state index in [1.807, 2.05) is 13.8 Å². The first-order chi connectivity index (χ1) is 8.75. The van der Waals surface area contributed by atoms with Crippen LogP contribution in [0.15, 0.2) is 18.2 Å². The molecule has 19 heavy (non-hydrogen) atoms. The molecule has 1 aromatic rings. The van der Waals surface area contributed by atoms with E-state index in [2.05, 4.69) is 0 Å². The Morgan fingerprint density at radius 3 is 2.53 bits per heavy atom. The van der Waals surface area contributed by atoms with E-state index in [0.29, 0.717) is 0 Å². The summed E-state index contributed by atoms with van der Waals surface area (Å²) in [4.78, 5) is 12.0. The molecule has 2 N–H and O–H groups in total. The lowest BCUT2D eigenvalue weighted by atomic mass is 9.94. The number of rotatable bonds is 5. The molecule has 106 valence electrons. The number of alkyl halides is 3. The molecule has 0 aliphatic carbocycles. The van der Waals surface area contributed by atoms with Crippen molar-refractivity contribution >= 4 is 11.5 Å². The van der Waals surface area contributed by atoms with Crippen LogP contribution in [0.5, 0.6) is 0 Å². The third-order valence-electron chi connectivity index (χ3n) is 3.00. The predicted octanol–water partition coefficient (Wildman–Crippen LogP) is 4.30. The fraction of sp³-hybridized carbons (Fsp3) is 0.500. The number of hydrogen-bond acceptors (Lipinski definition) is 2. The Kier molecular flexibility index (Phi) is 4.97. The summed E-state index contributed by atoms with van der Waals surface area (Å²) in [6.07, 6.45) is -2.44. The Bertz CT molecular complexity index is 454. The minimum Gasteiger partial charge on any atom is -0.398 e. The van der Waals surface area contributed by atoms with E-state index in [1.165, 1.54) is 0 Å². The summed E-state index contributed by atoms with van der Waals surface area (Å²) in [6.45, 7) is 3.91. The Hall–Kier alpha value is -1.52. The standard InChI is InChI=1S/C14H18F3NO/c1-3-4-9(2)7-13(19)11-8-10(14(15,16)17)5-6-12(11)18/h5-6,8-9H,3-4,7,18H2,1-2H3. The van der Waals surface area contributed by atoms with E-state index in [4.69, 9.17) is 5.73 Å². The van der Waals surface area contributed by atoms with Gasteiger partial charge in [-0.25, -0.2) is 0 Å². The average molecular weight is 273 g/mol. The van der Waals surface area contributed by atoms with Gasteiger partial charge in [0.2, 0.25) is 0 Å². The molecule has 0 radical (unpaired) electrons. The van der Waals surface area contributed by atoms with Crippen LogP contribution in [0, 0.1) is 5.92 Å². The molecule has 0 bridgehead atoms. The number of Topliss-reactive ketones (excluding diaryl/α,β-unsaturated/α-hetero) is 1. The van der Waals surface area contributed by atoms with Crippen molar-refractivity contribution in [3.63, 3.8) is 0 Å². The van der Waals surface area contributed by atoms with Crippen molar-refractivity contribution in [1.82, 2.24) is 0 Å². The maximum Gasteiger partial charge on any atom is 0.416 e. The molecular weight excluding hydrogens is 255 g/mol. The highest BCUT2D eigenvalue weighted by Crippen LogP contribution is 2.31. The molecule has 0 aliphatic heterocycles. The second-order valence-corrected chi connectivity index (χ2v) is 4.82. The van der Waals surface area contributed by atoms with Gasteiger partial charge in [-0.15, -0.1) is 0 Å². The normalized spacial score (nSPS) is 13.3. The van der Waals surface area contributed by atoms with E-state index in [-0.39, 0.29) is 29.4 Å². The highest BCUT2D eigenvalue weighted by Gasteiger charge is 2.31. The van der Waals surface area contributed by atoms with E-state index in [9.17, 15) is 18.0 Å². The third kappa shape index (κ3) is 4.26. The monoisotopic (exact) mass is 273 g/mol. The van der Waals surface area contributed by atoms with E-state index >= 15 is 0 Å². The Balaban J connectivity index is 2.96. The summed E-state index contributed by atoms with van der Waals surface area (Å²) in [5.74, 6) is -0.184. The molecule has 0 aromatic heterocycles. The summed E-state index contributed by atoms with van der Waals surface area (Å²) < 4.78 is 37.8. The molecule has 0 amide bonds. The van der Waals surface area contributed by atoms with Gasteiger partial charge in [-0.1, -0.05) is 26.7 Å². The van der Waals surface area contributed by atoms with Gasteiger partial charge in [0, 0.05) is 17.7 Å². The van der Waals surface area contributed by atoms with Crippen molar-refractivity contribution in [2.75, 3.05) is 5.73 Å². The van der Waals surface area contributed by atoms with Crippen LogP contribution in [-0.4, -0.2) is 5.78 Å². The van der Waals surface area contributed by atoms with Gasteiger partial charge in [-0.05, 0) is 24.1 Å². The molecule has 0 aliphatic rings. The van der Waals surface area contributed by atoms with Crippen LogP contribution in [0.4, 0.5) is 18.9 Å².